The van der Waals surface area contributed by atoms with Crippen molar-refractivity contribution in [2.24, 2.45) is 11.8 Å². The lowest BCUT2D eigenvalue weighted by atomic mass is 9.86. The van der Waals surface area contributed by atoms with Crippen molar-refractivity contribution in [2.75, 3.05) is 13.1 Å². The molecule has 1 aliphatic rings. The Morgan fingerprint density at radius 3 is 2.53 bits per heavy atom. The SMILES string of the molecule is Cc1ccc(Br)c(C(=O)N2CCC(C(C)C)CC2)c1. The van der Waals surface area contributed by atoms with E-state index in [1.807, 2.05) is 30.0 Å². The molecule has 0 spiro atoms. The summed E-state index contributed by atoms with van der Waals surface area (Å²) in [6, 6.07) is 5.95. The van der Waals surface area contributed by atoms with Crippen molar-refractivity contribution < 1.29 is 4.79 Å². The third-order valence-corrected chi connectivity index (χ3v) is 4.81. The summed E-state index contributed by atoms with van der Waals surface area (Å²) in [4.78, 5) is 14.5. The third-order valence-electron chi connectivity index (χ3n) is 4.12. The molecule has 0 bridgehead atoms. The minimum absolute atomic E-state index is 0.165. The van der Waals surface area contributed by atoms with Gasteiger partial charge in [-0.25, -0.2) is 0 Å². The molecule has 1 aromatic rings. The van der Waals surface area contributed by atoms with Crippen molar-refractivity contribution in [3.63, 3.8) is 0 Å². The van der Waals surface area contributed by atoms with Gasteiger partial charge in [-0.15, -0.1) is 0 Å². The van der Waals surface area contributed by atoms with E-state index in [1.54, 1.807) is 0 Å². The van der Waals surface area contributed by atoms with Crippen molar-refractivity contribution in [3.8, 4) is 0 Å². The van der Waals surface area contributed by atoms with Crippen LogP contribution >= 0.6 is 15.9 Å². The molecule has 0 aliphatic carbocycles. The fourth-order valence-corrected chi connectivity index (χ4v) is 3.16. The molecule has 3 heteroatoms. The summed E-state index contributed by atoms with van der Waals surface area (Å²) in [6.45, 7) is 8.36. The predicted octanol–water partition coefficient (Wildman–Crippen LogP) is 4.27. The van der Waals surface area contributed by atoms with Crippen LogP contribution in [0.1, 0.15) is 42.6 Å². The number of benzene rings is 1. The van der Waals surface area contributed by atoms with Gasteiger partial charge in [0.2, 0.25) is 0 Å². The topological polar surface area (TPSA) is 20.3 Å². The van der Waals surface area contributed by atoms with Crippen LogP contribution in [0.25, 0.3) is 0 Å². The normalized spacial score (nSPS) is 17.0. The summed E-state index contributed by atoms with van der Waals surface area (Å²) in [5.41, 5.74) is 1.92. The average Bonchev–Trinajstić information content (AvgIpc) is 2.41. The summed E-state index contributed by atoms with van der Waals surface area (Å²) in [7, 11) is 0. The van der Waals surface area contributed by atoms with Gasteiger partial charge in [0.05, 0.1) is 5.56 Å². The molecule has 1 heterocycles. The number of hydrogen-bond acceptors (Lipinski definition) is 1. The summed E-state index contributed by atoms with van der Waals surface area (Å²) < 4.78 is 0.897. The number of nitrogens with zero attached hydrogens (tertiary/aromatic N) is 1. The van der Waals surface area contributed by atoms with Crippen molar-refractivity contribution in [1.29, 1.82) is 0 Å². The van der Waals surface area contributed by atoms with Crippen LogP contribution in [0.4, 0.5) is 0 Å². The van der Waals surface area contributed by atoms with Crippen LogP contribution in [0.3, 0.4) is 0 Å². The number of piperidine rings is 1. The van der Waals surface area contributed by atoms with E-state index < -0.39 is 0 Å². The van der Waals surface area contributed by atoms with Crippen LogP contribution in [-0.2, 0) is 0 Å². The molecule has 0 N–H and O–H groups in total. The highest BCUT2D eigenvalue weighted by molar-refractivity contribution is 9.10. The number of carbonyl (C=O) groups is 1. The number of rotatable bonds is 2. The lowest BCUT2D eigenvalue weighted by Gasteiger charge is -2.34. The minimum Gasteiger partial charge on any atom is -0.339 e. The Morgan fingerprint density at radius 1 is 1.32 bits per heavy atom. The van der Waals surface area contributed by atoms with Crippen molar-refractivity contribution in [1.82, 2.24) is 4.90 Å². The highest BCUT2D eigenvalue weighted by Crippen LogP contribution is 2.27. The fourth-order valence-electron chi connectivity index (χ4n) is 2.74. The number of aryl methyl sites for hydroxylation is 1. The summed E-state index contributed by atoms with van der Waals surface area (Å²) in [5, 5.41) is 0. The highest BCUT2D eigenvalue weighted by atomic mass is 79.9. The summed E-state index contributed by atoms with van der Waals surface area (Å²) >= 11 is 3.49. The molecule has 0 unspecified atom stereocenters. The van der Waals surface area contributed by atoms with Gasteiger partial charge in [0.25, 0.3) is 5.91 Å². The number of hydrogen-bond donors (Lipinski definition) is 0. The molecule has 1 aromatic carbocycles. The Hall–Kier alpha value is -0.830. The van der Waals surface area contributed by atoms with Gasteiger partial charge in [-0.05, 0) is 59.7 Å². The molecule has 0 aromatic heterocycles. The zero-order valence-electron chi connectivity index (χ0n) is 11.9. The lowest BCUT2D eigenvalue weighted by Crippen LogP contribution is -2.39. The molecular formula is C16H22BrNO. The second-order valence-corrected chi connectivity index (χ2v) is 6.71. The van der Waals surface area contributed by atoms with E-state index in [4.69, 9.17) is 0 Å². The largest absolute Gasteiger partial charge is 0.339 e. The van der Waals surface area contributed by atoms with E-state index in [0.717, 1.165) is 53.4 Å². The molecule has 19 heavy (non-hydrogen) atoms. The first-order valence-corrected chi connectivity index (χ1v) is 7.83. The van der Waals surface area contributed by atoms with Crippen LogP contribution in [0, 0.1) is 18.8 Å². The maximum Gasteiger partial charge on any atom is 0.255 e. The number of likely N-dealkylation sites (tertiary alicyclic amines) is 1. The Kier molecular flexibility index (Phi) is 4.67. The summed E-state index contributed by atoms with van der Waals surface area (Å²) in [6.07, 6.45) is 2.26. The zero-order chi connectivity index (χ0) is 14.0. The van der Waals surface area contributed by atoms with Gasteiger partial charge < -0.3 is 4.90 Å². The maximum absolute atomic E-state index is 12.5. The molecule has 0 saturated carbocycles. The molecular weight excluding hydrogens is 302 g/mol. The molecule has 1 fully saturated rings. The second-order valence-electron chi connectivity index (χ2n) is 5.86. The van der Waals surface area contributed by atoms with E-state index >= 15 is 0 Å². The van der Waals surface area contributed by atoms with E-state index in [1.165, 1.54) is 0 Å². The van der Waals surface area contributed by atoms with Crippen LogP contribution in [0.15, 0.2) is 22.7 Å². The molecule has 2 rings (SSSR count). The Balaban J connectivity index is 2.07. The molecule has 1 aliphatic heterocycles. The molecule has 1 saturated heterocycles. The van der Waals surface area contributed by atoms with Crippen molar-refractivity contribution in [3.05, 3.63) is 33.8 Å². The first-order chi connectivity index (χ1) is 8.99. The van der Waals surface area contributed by atoms with Gasteiger partial charge in [-0.3, -0.25) is 4.79 Å². The van der Waals surface area contributed by atoms with Gasteiger partial charge in [0.1, 0.15) is 0 Å². The fraction of sp³-hybridized carbons (Fsp3) is 0.562. The van der Waals surface area contributed by atoms with Crippen LogP contribution in [-0.4, -0.2) is 23.9 Å². The number of carbonyl (C=O) groups excluding carboxylic acids is 1. The highest BCUT2D eigenvalue weighted by Gasteiger charge is 2.26. The predicted molar refractivity (Wildman–Crippen MR) is 82.3 cm³/mol. The first-order valence-electron chi connectivity index (χ1n) is 7.04. The standard InChI is InChI=1S/C16H22BrNO/c1-11(2)13-6-8-18(9-7-13)16(19)14-10-12(3)4-5-15(14)17/h4-5,10-11,13H,6-9H2,1-3H3. The quantitative estimate of drug-likeness (QED) is 0.796. The molecule has 1 amide bonds. The molecule has 104 valence electrons. The molecule has 2 nitrogen and oxygen atoms in total. The zero-order valence-corrected chi connectivity index (χ0v) is 13.5. The Bertz CT molecular complexity index is 462. The maximum atomic E-state index is 12.5. The van der Waals surface area contributed by atoms with Crippen molar-refractivity contribution in [2.45, 2.75) is 33.6 Å². The van der Waals surface area contributed by atoms with Gasteiger partial charge >= 0.3 is 0 Å². The number of amides is 1. The van der Waals surface area contributed by atoms with Gasteiger partial charge in [-0.1, -0.05) is 25.5 Å². The van der Waals surface area contributed by atoms with Crippen LogP contribution < -0.4 is 0 Å². The number of halogens is 1. The van der Waals surface area contributed by atoms with Crippen LogP contribution in [0.5, 0.6) is 0 Å². The lowest BCUT2D eigenvalue weighted by molar-refractivity contribution is 0.0666. The minimum atomic E-state index is 0.165. The van der Waals surface area contributed by atoms with Gasteiger partial charge in [0, 0.05) is 17.6 Å². The second kappa shape index (κ2) is 6.08. The smallest absolute Gasteiger partial charge is 0.255 e. The third kappa shape index (κ3) is 3.38. The summed E-state index contributed by atoms with van der Waals surface area (Å²) in [5.74, 6) is 1.66. The van der Waals surface area contributed by atoms with Crippen LogP contribution in [0.2, 0.25) is 0 Å². The van der Waals surface area contributed by atoms with E-state index in [9.17, 15) is 4.79 Å². The van der Waals surface area contributed by atoms with E-state index in [-0.39, 0.29) is 5.91 Å². The Labute approximate surface area is 124 Å². The van der Waals surface area contributed by atoms with Gasteiger partial charge in [0.15, 0.2) is 0 Å². The molecule has 0 atom stereocenters. The van der Waals surface area contributed by atoms with E-state index in [2.05, 4.69) is 29.8 Å². The van der Waals surface area contributed by atoms with Crippen molar-refractivity contribution >= 4 is 21.8 Å². The van der Waals surface area contributed by atoms with E-state index in [0.29, 0.717) is 0 Å². The monoisotopic (exact) mass is 323 g/mol. The first kappa shape index (κ1) is 14.6. The Morgan fingerprint density at radius 2 is 1.95 bits per heavy atom. The van der Waals surface area contributed by atoms with Gasteiger partial charge in [-0.2, -0.15) is 0 Å². The molecule has 0 radical (unpaired) electrons. The average molecular weight is 324 g/mol.